The fourth-order valence-corrected chi connectivity index (χ4v) is 3.96. The minimum absolute atomic E-state index is 0.148. The van der Waals surface area contributed by atoms with Crippen molar-refractivity contribution in [3.05, 3.63) is 34.6 Å². The van der Waals surface area contributed by atoms with Crippen LogP contribution < -0.4 is 10.6 Å². The summed E-state index contributed by atoms with van der Waals surface area (Å²) < 4.78 is 36.2. The summed E-state index contributed by atoms with van der Waals surface area (Å²) >= 11 is 6.22. The topological polar surface area (TPSA) is 70.6 Å². The van der Waals surface area contributed by atoms with Gasteiger partial charge >= 0.3 is 0 Å². The van der Waals surface area contributed by atoms with Crippen LogP contribution in [0.4, 0.5) is 4.39 Å². The van der Waals surface area contributed by atoms with Gasteiger partial charge in [0.05, 0.1) is 5.75 Å². The third-order valence-electron chi connectivity index (χ3n) is 4.52. The highest BCUT2D eigenvalue weighted by Gasteiger charge is 2.24. The van der Waals surface area contributed by atoms with Crippen LogP contribution in [0.1, 0.15) is 46.6 Å². The zero-order chi connectivity index (χ0) is 21.6. The molecule has 0 aliphatic carbocycles. The van der Waals surface area contributed by atoms with Gasteiger partial charge < -0.3 is 10.6 Å². The van der Waals surface area contributed by atoms with E-state index in [1.807, 2.05) is 34.6 Å². The highest BCUT2D eigenvalue weighted by Crippen LogP contribution is 2.30. The lowest BCUT2D eigenvalue weighted by Gasteiger charge is -2.28. The maximum atomic E-state index is 13.3. The number of sulfone groups is 1. The highest BCUT2D eigenvalue weighted by molar-refractivity contribution is 7.90. The number of nitrogens with one attached hydrogen (secondary N) is 2. The zero-order valence-corrected chi connectivity index (χ0v) is 19.3. The third kappa shape index (κ3) is 8.78. The van der Waals surface area contributed by atoms with Crippen molar-refractivity contribution in [2.75, 3.05) is 31.6 Å². The standard InChI is InChI=1S/C20H33ClFN3O2S/c1-7-23-18(24-13-19(2,3)10-11-28(6,26)27)25-14-20(4,5)16-9-8-15(22)12-17(16)21/h8-9,12H,7,10-11,13-14H2,1-6H3,(H2,23,24,25). The van der Waals surface area contributed by atoms with Gasteiger partial charge in [0.1, 0.15) is 15.7 Å². The fourth-order valence-electron chi connectivity index (χ4n) is 2.61. The Morgan fingerprint density at radius 1 is 1.21 bits per heavy atom. The first-order chi connectivity index (χ1) is 12.8. The molecule has 1 aromatic rings. The monoisotopic (exact) mass is 433 g/mol. The van der Waals surface area contributed by atoms with Crippen LogP contribution in [0.2, 0.25) is 5.02 Å². The van der Waals surface area contributed by atoms with Gasteiger partial charge in [-0.2, -0.15) is 0 Å². The Labute approximate surface area is 174 Å². The van der Waals surface area contributed by atoms with Crippen molar-refractivity contribution in [2.45, 2.75) is 46.5 Å². The maximum absolute atomic E-state index is 13.3. The minimum atomic E-state index is -2.99. The summed E-state index contributed by atoms with van der Waals surface area (Å²) in [5.74, 6) is 0.445. The number of halogens is 2. The molecule has 0 saturated heterocycles. The lowest BCUT2D eigenvalue weighted by atomic mass is 9.84. The second-order valence-corrected chi connectivity index (χ2v) is 11.3. The average Bonchev–Trinajstić information content (AvgIpc) is 2.55. The van der Waals surface area contributed by atoms with E-state index in [0.717, 1.165) is 5.56 Å². The average molecular weight is 434 g/mol. The summed E-state index contributed by atoms with van der Waals surface area (Å²) in [4.78, 5) is 4.63. The fraction of sp³-hybridized carbons (Fsp3) is 0.650. The zero-order valence-electron chi connectivity index (χ0n) is 17.7. The van der Waals surface area contributed by atoms with Gasteiger partial charge in [0.25, 0.3) is 0 Å². The van der Waals surface area contributed by atoms with E-state index in [1.165, 1.54) is 18.4 Å². The maximum Gasteiger partial charge on any atom is 0.191 e. The second-order valence-electron chi connectivity index (χ2n) is 8.60. The van der Waals surface area contributed by atoms with E-state index >= 15 is 0 Å². The van der Waals surface area contributed by atoms with E-state index in [-0.39, 0.29) is 22.4 Å². The summed E-state index contributed by atoms with van der Waals surface area (Å²) in [7, 11) is -2.99. The van der Waals surface area contributed by atoms with Crippen LogP contribution in [0.25, 0.3) is 0 Å². The van der Waals surface area contributed by atoms with Gasteiger partial charge in [-0.25, -0.2) is 12.8 Å². The third-order valence-corrected chi connectivity index (χ3v) is 5.78. The van der Waals surface area contributed by atoms with Gasteiger partial charge in [-0.05, 0) is 36.5 Å². The molecule has 0 aliphatic heterocycles. The number of nitrogens with zero attached hydrogens (tertiary/aromatic N) is 1. The summed E-state index contributed by atoms with van der Waals surface area (Å²) in [5.41, 5.74) is 0.279. The van der Waals surface area contributed by atoms with Gasteiger partial charge in [-0.1, -0.05) is 45.4 Å². The Bertz CT molecular complexity index is 793. The molecule has 160 valence electrons. The van der Waals surface area contributed by atoms with Crippen molar-refractivity contribution in [2.24, 2.45) is 10.4 Å². The molecule has 28 heavy (non-hydrogen) atoms. The van der Waals surface area contributed by atoms with Gasteiger partial charge in [0.2, 0.25) is 0 Å². The highest BCUT2D eigenvalue weighted by atomic mass is 35.5. The molecule has 2 N–H and O–H groups in total. The predicted octanol–water partition coefficient (Wildman–Crippen LogP) is 3.77. The number of hydrogen-bond donors (Lipinski definition) is 2. The Kier molecular flexibility index (Phi) is 8.75. The molecule has 0 radical (unpaired) electrons. The quantitative estimate of drug-likeness (QED) is 0.459. The van der Waals surface area contributed by atoms with Crippen molar-refractivity contribution < 1.29 is 12.8 Å². The molecule has 1 aromatic carbocycles. The number of benzene rings is 1. The number of guanidine groups is 1. The molecule has 0 amide bonds. The molecule has 0 aromatic heterocycles. The van der Waals surface area contributed by atoms with Crippen LogP contribution in [0.3, 0.4) is 0 Å². The first-order valence-corrected chi connectivity index (χ1v) is 11.8. The van der Waals surface area contributed by atoms with E-state index < -0.39 is 9.84 Å². The summed E-state index contributed by atoms with van der Waals surface area (Å²) in [5, 5.41) is 6.92. The Balaban J connectivity index is 2.81. The summed E-state index contributed by atoms with van der Waals surface area (Å²) in [6.45, 7) is 11.8. The molecule has 8 heteroatoms. The Hall–Kier alpha value is -1.34. The molecule has 0 aliphatic rings. The van der Waals surface area contributed by atoms with Gasteiger partial charge in [0.15, 0.2) is 5.96 Å². The van der Waals surface area contributed by atoms with E-state index in [4.69, 9.17) is 11.6 Å². The number of rotatable bonds is 9. The van der Waals surface area contributed by atoms with Gasteiger partial charge in [-0.3, -0.25) is 4.99 Å². The van der Waals surface area contributed by atoms with Crippen LogP contribution in [-0.4, -0.2) is 46.0 Å². The molecule has 0 saturated carbocycles. The molecule has 0 spiro atoms. The van der Waals surface area contributed by atoms with Crippen LogP contribution in [0.15, 0.2) is 23.2 Å². The molecule has 1 rings (SSSR count). The van der Waals surface area contributed by atoms with Gasteiger partial charge in [0, 0.05) is 36.3 Å². The molecule has 0 heterocycles. The smallest absolute Gasteiger partial charge is 0.191 e. The van der Waals surface area contributed by atoms with Crippen LogP contribution in [0, 0.1) is 11.2 Å². The van der Waals surface area contributed by atoms with Crippen molar-refractivity contribution in [1.29, 1.82) is 0 Å². The molecule has 5 nitrogen and oxygen atoms in total. The van der Waals surface area contributed by atoms with Crippen molar-refractivity contribution >= 4 is 27.4 Å². The normalized spacial score (nSPS) is 13.5. The Morgan fingerprint density at radius 3 is 2.39 bits per heavy atom. The first kappa shape index (κ1) is 24.7. The largest absolute Gasteiger partial charge is 0.357 e. The lowest BCUT2D eigenvalue weighted by Crippen LogP contribution is -2.44. The number of aliphatic imine (C=N–C) groups is 1. The summed E-state index contributed by atoms with van der Waals surface area (Å²) in [6.07, 6.45) is 1.80. The van der Waals surface area contributed by atoms with Gasteiger partial charge in [-0.15, -0.1) is 0 Å². The van der Waals surface area contributed by atoms with Crippen LogP contribution in [-0.2, 0) is 15.3 Å². The van der Waals surface area contributed by atoms with Crippen molar-refractivity contribution in [1.82, 2.24) is 10.6 Å². The molecule has 0 unspecified atom stereocenters. The molecule has 0 bridgehead atoms. The van der Waals surface area contributed by atoms with E-state index in [2.05, 4.69) is 15.6 Å². The van der Waals surface area contributed by atoms with E-state index in [9.17, 15) is 12.8 Å². The van der Waals surface area contributed by atoms with Crippen LogP contribution >= 0.6 is 11.6 Å². The molecular formula is C20H33ClFN3O2S. The molecule has 0 atom stereocenters. The van der Waals surface area contributed by atoms with Crippen molar-refractivity contribution in [3.8, 4) is 0 Å². The van der Waals surface area contributed by atoms with E-state index in [0.29, 0.717) is 37.0 Å². The summed E-state index contributed by atoms with van der Waals surface area (Å²) in [6, 6.07) is 4.44. The molecular weight excluding hydrogens is 401 g/mol. The lowest BCUT2D eigenvalue weighted by molar-refractivity contribution is 0.365. The van der Waals surface area contributed by atoms with Crippen LogP contribution in [0.5, 0.6) is 0 Å². The first-order valence-electron chi connectivity index (χ1n) is 9.41. The Morgan fingerprint density at radius 2 is 1.86 bits per heavy atom. The minimum Gasteiger partial charge on any atom is -0.357 e. The number of hydrogen-bond acceptors (Lipinski definition) is 3. The predicted molar refractivity (Wildman–Crippen MR) is 117 cm³/mol. The van der Waals surface area contributed by atoms with Crippen molar-refractivity contribution in [3.63, 3.8) is 0 Å². The van der Waals surface area contributed by atoms with E-state index in [1.54, 1.807) is 6.07 Å². The second kappa shape index (κ2) is 9.92. The SMILES string of the molecule is CCNC(=NCC(C)(C)CCS(C)(=O)=O)NCC(C)(C)c1ccc(F)cc1Cl. The molecule has 0 fully saturated rings.